The Kier molecular flexibility index (Phi) is 5.59. The Morgan fingerprint density at radius 2 is 1.12 bits per heavy atom. The number of nitrogens with zero attached hydrogens (tertiary/aromatic N) is 2. The van der Waals surface area contributed by atoms with Crippen LogP contribution in [0.4, 0.5) is 0 Å². The van der Waals surface area contributed by atoms with Crippen molar-refractivity contribution in [1.29, 1.82) is 0 Å². The van der Waals surface area contributed by atoms with Crippen LogP contribution in [0.15, 0.2) is 0 Å². The molecule has 2 amide bonds. The molecular weight excluding hydrogens is 332 g/mol. The van der Waals surface area contributed by atoms with E-state index in [0.717, 1.165) is 24.9 Å². The molecule has 0 aromatic rings. The van der Waals surface area contributed by atoms with E-state index in [1.54, 1.807) is 0 Å². The summed E-state index contributed by atoms with van der Waals surface area (Å²) in [7, 11) is 0. The van der Waals surface area contributed by atoms with Gasteiger partial charge in [0.1, 0.15) is 0 Å². The second-order valence-corrected chi connectivity index (χ2v) is 9.45. The van der Waals surface area contributed by atoms with Gasteiger partial charge in [0.15, 0.2) is 0 Å². The summed E-state index contributed by atoms with van der Waals surface area (Å²) in [4.78, 5) is 29.5. The van der Waals surface area contributed by atoms with E-state index < -0.39 is 0 Å². The van der Waals surface area contributed by atoms with E-state index in [-0.39, 0.29) is 11.8 Å². The van der Waals surface area contributed by atoms with E-state index in [1.165, 1.54) is 76.0 Å². The monoisotopic (exact) mass is 364 g/mol. The fraction of sp³-hybridized carbons (Fsp3) is 0.900. The van der Waals surface area contributed by atoms with E-state index in [0.29, 0.717) is 23.6 Å². The maximum Gasteiger partial charge on any atom is 0.232 e. The molecule has 2 aliphatic heterocycles. The molecule has 2 saturated carbocycles. The third-order valence-corrected chi connectivity index (χ3v) is 8.01. The molecule has 25 heavy (non-hydrogen) atoms. The van der Waals surface area contributed by atoms with Gasteiger partial charge in [0.2, 0.25) is 11.8 Å². The van der Waals surface area contributed by atoms with Crippen molar-refractivity contribution in [1.82, 2.24) is 9.80 Å². The van der Waals surface area contributed by atoms with Crippen LogP contribution in [-0.2, 0) is 9.59 Å². The third-order valence-electron chi connectivity index (χ3n) is 7.11. The smallest absolute Gasteiger partial charge is 0.232 e. The van der Waals surface area contributed by atoms with Gasteiger partial charge in [0.25, 0.3) is 0 Å². The highest BCUT2D eigenvalue weighted by molar-refractivity contribution is 8.00. The zero-order valence-corrected chi connectivity index (χ0v) is 16.1. The maximum atomic E-state index is 12.6. The summed E-state index contributed by atoms with van der Waals surface area (Å²) in [6, 6.07) is 0.998. The number of hydrogen-bond acceptors (Lipinski definition) is 3. The van der Waals surface area contributed by atoms with Crippen molar-refractivity contribution in [3.05, 3.63) is 0 Å². The van der Waals surface area contributed by atoms with Crippen LogP contribution in [0, 0.1) is 11.8 Å². The number of carbonyl (C=O) groups excluding carboxylic acids is 2. The van der Waals surface area contributed by atoms with Crippen LogP contribution >= 0.6 is 11.8 Å². The molecule has 4 nitrogen and oxygen atoms in total. The number of thioether (sulfide) groups is 1. The number of hydrogen-bond donors (Lipinski definition) is 0. The van der Waals surface area contributed by atoms with Crippen molar-refractivity contribution in [2.45, 2.75) is 76.3 Å². The molecule has 2 saturated heterocycles. The molecule has 0 aromatic carbocycles. The van der Waals surface area contributed by atoms with Crippen molar-refractivity contribution in [2.75, 3.05) is 24.6 Å². The highest BCUT2D eigenvalue weighted by Gasteiger charge is 2.39. The first-order valence-electron chi connectivity index (χ1n) is 10.4. The van der Waals surface area contributed by atoms with Gasteiger partial charge in [0.05, 0.1) is 11.5 Å². The van der Waals surface area contributed by atoms with E-state index in [4.69, 9.17) is 0 Å². The average molecular weight is 365 g/mol. The van der Waals surface area contributed by atoms with Crippen LogP contribution in [-0.4, -0.2) is 58.3 Å². The molecule has 0 N–H and O–H groups in total. The second kappa shape index (κ2) is 7.89. The number of rotatable bonds is 4. The lowest BCUT2D eigenvalue weighted by Crippen LogP contribution is -2.41. The molecule has 2 heterocycles. The lowest BCUT2D eigenvalue weighted by atomic mass is 9.85. The van der Waals surface area contributed by atoms with Gasteiger partial charge in [-0.15, -0.1) is 11.8 Å². The number of amides is 2. The van der Waals surface area contributed by atoms with Gasteiger partial charge < -0.3 is 9.80 Å². The van der Waals surface area contributed by atoms with Gasteiger partial charge in [-0.3, -0.25) is 9.59 Å². The highest BCUT2D eigenvalue weighted by Crippen LogP contribution is 2.37. The van der Waals surface area contributed by atoms with Crippen molar-refractivity contribution < 1.29 is 9.59 Å². The van der Waals surface area contributed by atoms with Crippen molar-refractivity contribution in [3.8, 4) is 0 Å². The first-order chi connectivity index (χ1) is 12.2. The Hall–Kier alpha value is -0.710. The minimum atomic E-state index is 0.268. The van der Waals surface area contributed by atoms with Crippen LogP contribution in [0.3, 0.4) is 0 Å². The molecule has 0 spiro atoms. The lowest BCUT2D eigenvalue weighted by Gasteiger charge is -2.32. The fourth-order valence-electron chi connectivity index (χ4n) is 5.82. The van der Waals surface area contributed by atoms with E-state index in [2.05, 4.69) is 9.80 Å². The summed E-state index contributed by atoms with van der Waals surface area (Å²) in [6.45, 7) is 1.89. The average Bonchev–Trinajstić information content (AvgIpc) is 3.26. The molecule has 4 fully saturated rings. The quantitative estimate of drug-likeness (QED) is 0.768. The number of fused-ring (bicyclic) bond motifs is 2. The molecule has 4 aliphatic rings. The van der Waals surface area contributed by atoms with E-state index in [1.807, 2.05) is 0 Å². The number of carbonyl (C=O) groups is 2. The van der Waals surface area contributed by atoms with Crippen molar-refractivity contribution >= 4 is 23.6 Å². The zero-order chi connectivity index (χ0) is 17.2. The Morgan fingerprint density at radius 1 is 0.680 bits per heavy atom. The van der Waals surface area contributed by atoms with Crippen LogP contribution in [0.1, 0.15) is 64.2 Å². The summed E-state index contributed by atoms with van der Waals surface area (Å²) in [6.07, 6.45) is 12.6. The molecule has 4 atom stereocenters. The van der Waals surface area contributed by atoms with Crippen LogP contribution in [0.5, 0.6) is 0 Å². The van der Waals surface area contributed by atoms with Gasteiger partial charge in [-0.1, -0.05) is 25.7 Å². The Bertz CT molecular complexity index is 468. The molecule has 140 valence electrons. The Labute approximate surface area is 156 Å². The Morgan fingerprint density at radius 3 is 1.60 bits per heavy atom. The first-order valence-corrected chi connectivity index (χ1v) is 11.6. The normalized spacial score (nSPS) is 34.7. The highest BCUT2D eigenvalue weighted by atomic mass is 32.2. The molecule has 2 aliphatic carbocycles. The van der Waals surface area contributed by atoms with Gasteiger partial charge in [-0.2, -0.15) is 0 Å². The van der Waals surface area contributed by atoms with Crippen molar-refractivity contribution in [2.24, 2.45) is 11.8 Å². The summed E-state index contributed by atoms with van der Waals surface area (Å²) in [5.41, 5.74) is 0. The molecular formula is C20H32N2O2S. The van der Waals surface area contributed by atoms with Crippen molar-refractivity contribution in [3.63, 3.8) is 0 Å². The van der Waals surface area contributed by atoms with Gasteiger partial charge in [-0.25, -0.2) is 0 Å². The number of likely N-dealkylation sites (tertiary alicyclic amines) is 2. The minimum absolute atomic E-state index is 0.268. The summed E-state index contributed by atoms with van der Waals surface area (Å²) >= 11 is 1.54. The standard InChI is InChI=1S/C20H32N2O2S/c23-19(21-11-9-15-5-1-3-7-17(15)21)13-25-14-20(24)22-12-10-16-6-2-4-8-18(16)22/h15-18H,1-14H2/t15-,16+,17+,18-. The maximum absolute atomic E-state index is 12.6. The second-order valence-electron chi connectivity index (χ2n) is 8.47. The lowest BCUT2D eigenvalue weighted by molar-refractivity contribution is -0.130. The largest absolute Gasteiger partial charge is 0.339 e. The molecule has 4 rings (SSSR count). The predicted molar refractivity (Wildman–Crippen MR) is 101 cm³/mol. The molecule has 0 radical (unpaired) electrons. The van der Waals surface area contributed by atoms with Gasteiger partial charge in [0, 0.05) is 25.2 Å². The molecule has 5 heteroatoms. The van der Waals surface area contributed by atoms with E-state index in [9.17, 15) is 9.59 Å². The van der Waals surface area contributed by atoms with Crippen LogP contribution < -0.4 is 0 Å². The summed E-state index contributed by atoms with van der Waals surface area (Å²) in [5, 5.41) is 0. The minimum Gasteiger partial charge on any atom is -0.339 e. The Balaban J connectivity index is 1.22. The molecule has 0 bridgehead atoms. The fourth-order valence-corrected chi connectivity index (χ4v) is 6.61. The zero-order valence-electron chi connectivity index (χ0n) is 15.3. The first kappa shape index (κ1) is 17.7. The van der Waals surface area contributed by atoms with Crippen LogP contribution in [0.25, 0.3) is 0 Å². The predicted octanol–water partition coefficient (Wildman–Crippen LogP) is 3.30. The summed E-state index contributed by atoms with van der Waals surface area (Å²) < 4.78 is 0. The molecule has 0 aromatic heterocycles. The SMILES string of the molecule is O=C(CSCC(=O)N1CC[C@H]2CCCC[C@@H]21)N1CC[C@@H]2CCCC[C@H]21. The van der Waals surface area contributed by atoms with E-state index >= 15 is 0 Å². The van der Waals surface area contributed by atoms with Gasteiger partial charge >= 0.3 is 0 Å². The topological polar surface area (TPSA) is 40.6 Å². The summed E-state index contributed by atoms with van der Waals surface area (Å²) in [5.74, 6) is 3.00. The van der Waals surface area contributed by atoms with Gasteiger partial charge in [-0.05, 0) is 50.4 Å². The molecule has 0 unspecified atom stereocenters. The third kappa shape index (κ3) is 3.72. The van der Waals surface area contributed by atoms with Crippen LogP contribution in [0.2, 0.25) is 0 Å².